The maximum atomic E-state index is 10.6. The minimum absolute atomic E-state index is 0.281. The Balaban J connectivity index is 2.78. The van der Waals surface area contributed by atoms with Crippen molar-refractivity contribution in [1.29, 1.82) is 0 Å². The first kappa shape index (κ1) is 10.3. The summed E-state index contributed by atoms with van der Waals surface area (Å²) in [7, 11) is 0. The van der Waals surface area contributed by atoms with Crippen LogP contribution in [0.1, 0.15) is 22.8 Å². The normalized spacial score (nSPS) is 10.4. The molecule has 0 fully saturated rings. The molecule has 0 saturated heterocycles. The molecule has 1 N–H and O–H groups in total. The molecule has 1 aromatic rings. The molecule has 14 heavy (non-hydrogen) atoms. The summed E-state index contributed by atoms with van der Waals surface area (Å²) in [4.78, 5) is 10.6. The first-order valence-electron chi connectivity index (χ1n) is 4.35. The Kier molecular flexibility index (Phi) is 3.73. The Morgan fingerprint density at radius 1 is 1.57 bits per heavy atom. The van der Waals surface area contributed by atoms with E-state index in [9.17, 15) is 4.79 Å². The van der Waals surface area contributed by atoms with Gasteiger partial charge in [0, 0.05) is 0 Å². The third-order valence-electron chi connectivity index (χ3n) is 1.66. The molecule has 0 bridgehead atoms. The summed E-state index contributed by atoms with van der Waals surface area (Å²) in [6.45, 7) is 2.49. The summed E-state index contributed by atoms with van der Waals surface area (Å²) in [5.41, 5.74) is 1.10. The van der Waals surface area contributed by atoms with E-state index in [2.05, 4.69) is 0 Å². The number of aromatic carboxylic acids is 1. The zero-order valence-electron chi connectivity index (χ0n) is 7.93. The molecule has 0 aliphatic rings. The van der Waals surface area contributed by atoms with Gasteiger partial charge in [-0.3, -0.25) is 0 Å². The molecule has 0 amide bonds. The van der Waals surface area contributed by atoms with E-state index in [1.807, 2.05) is 13.0 Å². The van der Waals surface area contributed by atoms with Gasteiger partial charge in [0.2, 0.25) is 0 Å². The van der Waals surface area contributed by atoms with Crippen LogP contribution in [0.2, 0.25) is 0 Å². The second-order valence-electron chi connectivity index (χ2n) is 2.69. The lowest BCUT2D eigenvalue weighted by atomic mass is 10.1. The largest absolute Gasteiger partial charge is 0.501 e. The summed E-state index contributed by atoms with van der Waals surface area (Å²) in [6.07, 6.45) is 3.29. The van der Waals surface area contributed by atoms with Gasteiger partial charge in [-0.2, -0.15) is 0 Å². The maximum Gasteiger partial charge on any atom is 0.335 e. The molecule has 0 aromatic heterocycles. The molecule has 74 valence electrons. The summed E-state index contributed by atoms with van der Waals surface area (Å²) in [6, 6.07) is 6.68. The topological polar surface area (TPSA) is 46.5 Å². The van der Waals surface area contributed by atoms with Crippen molar-refractivity contribution in [3.8, 4) is 0 Å². The molecule has 0 aliphatic carbocycles. The van der Waals surface area contributed by atoms with Crippen LogP contribution in [0, 0.1) is 0 Å². The molecule has 0 aliphatic heterocycles. The van der Waals surface area contributed by atoms with E-state index in [1.54, 1.807) is 30.5 Å². The third kappa shape index (κ3) is 2.94. The lowest BCUT2D eigenvalue weighted by molar-refractivity contribution is 0.0697. The number of ether oxygens (including phenoxy) is 1. The molecule has 3 heteroatoms. The van der Waals surface area contributed by atoms with Crippen molar-refractivity contribution in [2.75, 3.05) is 6.61 Å². The highest BCUT2D eigenvalue weighted by Gasteiger charge is 2.00. The van der Waals surface area contributed by atoms with Crippen molar-refractivity contribution in [2.45, 2.75) is 6.92 Å². The number of hydrogen-bond donors (Lipinski definition) is 1. The smallest absolute Gasteiger partial charge is 0.335 e. The van der Waals surface area contributed by atoms with Crippen LogP contribution in [-0.4, -0.2) is 17.7 Å². The highest BCUT2D eigenvalue weighted by Crippen LogP contribution is 2.07. The fourth-order valence-corrected chi connectivity index (χ4v) is 0.998. The predicted octanol–water partition coefficient (Wildman–Crippen LogP) is 2.39. The van der Waals surface area contributed by atoms with Crippen molar-refractivity contribution in [3.63, 3.8) is 0 Å². The maximum absolute atomic E-state index is 10.6. The fourth-order valence-electron chi connectivity index (χ4n) is 0.998. The van der Waals surface area contributed by atoms with Crippen LogP contribution in [0.5, 0.6) is 0 Å². The number of rotatable bonds is 4. The van der Waals surface area contributed by atoms with Gasteiger partial charge in [-0.15, -0.1) is 0 Å². The van der Waals surface area contributed by atoms with E-state index in [0.29, 0.717) is 6.61 Å². The van der Waals surface area contributed by atoms with Gasteiger partial charge in [-0.1, -0.05) is 12.1 Å². The number of benzene rings is 1. The number of carboxylic acid groups (broad SMARTS) is 1. The highest BCUT2D eigenvalue weighted by atomic mass is 16.5. The third-order valence-corrected chi connectivity index (χ3v) is 1.66. The van der Waals surface area contributed by atoms with E-state index in [4.69, 9.17) is 9.84 Å². The predicted molar refractivity (Wildman–Crippen MR) is 54.1 cm³/mol. The molecule has 1 rings (SSSR count). The van der Waals surface area contributed by atoms with Crippen molar-refractivity contribution in [1.82, 2.24) is 0 Å². The van der Waals surface area contributed by atoms with Crippen LogP contribution in [-0.2, 0) is 4.74 Å². The summed E-state index contributed by atoms with van der Waals surface area (Å²) in [5, 5.41) is 8.73. The van der Waals surface area contributed by atoms with Gasteiger partial charge in [-0.25, -0.2) is 4.79 Å². The molecule has 1 aromatic carbocycles. The summed E-state index contributed by atoms with van der Waals surface area (Å²) < 4.78 is 5.01. The lowest BCUT2D eigenvalue weighted by Crippen LogP contribution is -1.95. The molecular weight excluding hydrogens is 180 g/mol. The van der Waals surface area contributed by atoms with Gasteiger partial charge in [0.05, 0.1) is 18.4 Å². The molecule has 3 nitrogen and oxygen atoms in total. The van der Waals surface area contributed by atoms with Crippen LogP contribution in [0.3, 0.4) is 0 Å². The van der Waals surface area contributed by atoms with Crippen LogP contribution >= 0.6 is 0 Å². The molecule has 0 radical (unpaired) electrons. The molecule has 0 saturated carbocycles. The Hall–Kier alpha value is -1.77. The van der Waals surface area contributed by atoms with Gasteiger partial charge in [0.25, 0.3) is 0 Å². The van der Waals surface area contributed by atoms with Crippen LogP contribution < -0.4 is 0 Å². The lowest BCUT2D eigenvalue weighted by Gasteiger charge is -1.97. The van der Waals surface area contributed by atoms with Crippen LogP contribution in [0.15, 0.2) is 30.5 Å². The fraction of sp³-hybridized carbons (Fsp3) is 0.182. The number of carbonyl (C=O) groups is 1. The molecular formula is C11H12O3. The SMILES string of the molecule is CCO/C=C/c1cccc(C(=O)O)c1. The van der Waals surface area contributed by atoms with Crippen molar-refractivity contribution in [2.24, 2.45) is 0 Å². The zero-order chi connectivity index (χ0) is 10.4. The average Bonchev–Trinajstić information content (AvgIpc) is 2.19. The number of carboxylic acids is 1. The van der Waals surface area contributed by atoms with E-state index in [-0.39, 0.29) is 5.56 Å². The van der Waals surface area contributed by atoms with Gasteiger partial charge >= 0.3 is 5.97 Å². The minimum Gasteiger partial charge on any atom is -0.501 e. The van der Waals surface area contributed by atoms with E-state index in [0.717, 1.165) is 5.56 Å². The molecule has 0 unspecified atom stereocenters. The van der Waals surface area contributed by atoms with Gasteiger partial charge in [0.15, 0.2) is 0 Å². The average molecular weight is 192 g/mol. The highest BCUT2D eigenvalue weighted by molar-refractivity contribution is 5.88. The van der Waals surface area contributed by atoms with Crippen molar-refractivity contribution in [3.05, 3.63) is 41.7 Å². The summed E-state index contributed by atoms with van der Waals surface area (Å²) >= 11 is 0. The van der Waals surface area contributed by atoms with Crippen molar-refractivity contribution >= 4 is 12.0 Å². The molecule has 0 heterocycles. The minimum atomic E-state index is -0.920. The Morgan fingerprint density at radius 3 is 3.00 bits per heavy atom. The molecule has 0 spiro atoms. The molecule has 0 atom stereocenters. The quantitative estimate of drug-likeness (QED) is 0.745. The van der Waals surface area contributed by atoms with Gasteiger partial charge in [-0.05, 0) is 30.7 Å². The second-order valence-corrected chi connectivity index (χ2v) is 2.69. The van der Waals surface area contributed by atoms with E-state index in [1.165, 1.54) is 0 Å². The Morgan fingerprint density at radius 2 is 2.36 bits per heavy atom. The van der Waals surface area contributed by atoms with Crippen molar-refractivity contribution < 1.29 is 14.6 Å². The Labute approximate surface area is 82.6 Å². The van der Waals surface area contributed by atoms with Gasteiger partial charge in [0.1, 0.15) is 0 Å². The first-order valence-corrected chi connectivity index (χ1v) is 4.35. The second kappa shape index (κ2) is 5.07. The first-order chi connectivity index (χ1) is 6.74. The van der Waals surface area contributed by atoms with Crippen LogP contribution in [0.25, 0.3) is 6.08 Å². The Bertz CT molecular complexity index is 342. The van der Waals surface area contributed by atoms with E-state index < -0.39 is 5.97 Å². The van der Waals surface area contributed by atoms with Gasteiger partial charge < -0.3 is 9.84 Å². The van der Waals surface area contributed by atoms with E-state index >= 15 is 0 Å². The van der Waals surface area contributed by atoms with Crippen LogP contribution in [0.4, 0.5) is 0 Å². The monoisotopic (exact) mass is 192 g/mol. The zero-order valence-corrected chi connectivity index (χ0v) is 7.93. The standard InChI is InChI=1S/C11H12O3/c1-2-14-7-6-9-4-3-5-10(8-9)11(12)13/h3-8H,2H2,1H3,(H,12,13)/b7-6+. The number of hydrogen-bond acceptors (Lipinski definition) is 2. The summed E-state index contributed by atoms with van der Waals surface area (Å²) in [5.74, 6) is -0.920.